The molecule has 100 valence electrons. The van der Waals surface area contributed by atoms with Crippen molar-refractivity contribution in [2.24, 2.45) is 0 Å². The zero-order chi connectivity index (χ0) is 13.8. The number of aromatic nitrogens is 2. The summed E-state index contributed by atoms with van der Waals surface area (Å²) in [6, 6.07) is 8.05. The molecule has 0 N–H and O–H groups in total. The molecule has 0 unspecified atom stereocenters. The van der Waals surface area contributed by atoms with Crippen LogP contribution in [0.1, 0.15) is 23.9 Å². The maximum absolute atomic E-state index is 6.06. The van der Waals surface area contributed by atoms with Gasteiger partial charge in [-0.3, -0.25) is 0 Å². The van der Waals surface area contributed by atoms with Gasteiger partial charge in [-0.15, -0.1) is 0 Å². The molecule has 0 amide bonds. The fraction of sp³-hybridized carbons (Fsp3) is 0.333. The first kappa shape index (κ1) is 14.0. The van der Waals surface area contributed by atoms with Gasteiger partial charge < -0.3 is 4.74 Å². The van der Waals surface area contributed by atoms with Crippen LogP contribution >= 0.6 is 11.6 Å². The number of benzene rings is 1. The summed E-state index contributed by atoms with van der Waals surface area (Å²) in [6.45, 7) is 7.10. The van der Waals surface area contributed by atoms with E-state index in [0.29, 0.717) is 24.2 Å². The van der Waals surface area contributed by atoms with Crippen LogP contribution < -0.4 is 0 Å². The molecule has 1 aromatic heterocycles. The van der Waals surface area contributed by atoms with E-state index >= 15 is 0 Å². The second-order valence-electron chi connectivity index (χ2n) is 4.45. The largest absolute Gasteiger partial charge is 0.374 e. The van der Waals surface area contributed by atoms with E-state index < -0.39 is 0 Å². The van der Waals surface area contributed by atoms with Gasteiger partial charge in [-0.1, -0.05) is 35.4 Å². The van der Waals surface area contributed by atoms with Gasteiger partial charge in [-0.05, 0) is 26.3 Å². The molecule has 0 spiro atoms. The number of aryl methyl sites for hydroxylation is 2. The molecular formula is C15H17ClN2O. The maximum atomic E-state index is 6.06. The van der Waals surface area contributed by atoms with Crippen molar-refractivity contribution in [1.82, 2.24) is 9.97 Å². The minimum Gasteiger partial charge on any atom is -0.374 e. The molecule has 0 atom stereocenters. The normalized spacial score (nSPS) is 10.7. The zero-order valence-corrected chi connectivity index (χ0v) is 12.2. The number of rotatable bonds is 4. The van der Waals surface area contributed by atoms with Gasteiger partial charge in [0.15, 0.2) is 5.82 Å². The molecule has 1 aromatic carbocycles. The van der Waals surface area contributed by atoms with Gasteiger partial charge in [0.25, 0.3) is 0 Å². The number of hydrogen-bond acceptors (Lipinski definition) is 3. The van der Waals surface area contributed by atoms with Crippen molar-refractivity contribution in [1.29, 1.82) is 0 Å². The highest BCUT2D eigenvalue weighted by atomic mass is 35.5. The van der Waals surface area contributed by atoms with Crippen LogP contribution in [0.25, 0.3) is 11.3 Å². The molecule has 0 aliphatic rings. The topological polar surface area (TPSA) is 35.0 Å². The molecule has 1 heterocycles. The predicted octanol–water partition coefficient (Wildman–Crippen LogP) is 3.95. The first-order valence-electron chi connectivity index (χ1n) is 6.29. The summed E-state index contributed by atoms with van der Waals surface area (Å²) in [5, 5.41) is 0.444. The highest BCUT2D eigenvalue weighted by Gasteiger charge is 2.08. The van der Waals surface area contributed by atoms with Gasteiger partial charge in [0, 0.05) is 18.2 Å². The second-order valence-corrected chi connectivity index (χ2v) is 4.83. The van der Waals surface area contributed by atoms with E-state index in [2.05, 4.69) is 42.0 Å². The van der Waals surface area contributed by atoms with Gasteiger partial charge in [-0.25, -0.2) is 9.97 Å². The zero-order valence-electron chi connectivity index (χ0n) is 11.4. The third-order valence-electron chi connectivity index (χ3n) is 2.83. The molecule has 0 saturated heterocycles. The van der Waals surface area contributed by atoms with Gasteiger partial charge in [0.1, 0.15) is 11.8 Å². The Morgan fingerprint density at radius 2 is 1.95 bits per heavy atom. The molecular weight excluding hydrogens is 260 g/mol. The Kier molecular flexibility index (Phi) is 4.51. The SMILES string of the molecule is CCOCc1nc(Cl)cc(-c2ccc(C)cc2C)n1. The van der Waals surface area contributed by atoms with Crippen LogP contribution in [0.4, 0.5) is 0 Å². The summed E-state index contributed by atoms with van der Waals surface area (Å²) >= 11 is 6.06. The lowest BCUT2D eigenvalue weighted by molar-refractivity contribution is 0.128. The summed E-state index contributed by atoms with van der Waals surface area (Å²) < 4.78 is 5.33. The van der Waals surface area contributed by atoms with E-state index in [4.69, 9.17) is 16.3 Å². The van der Waals surface area contributed by atoms with Crippen LogP contribution in [0.5, 0.6) is 0 Å². The fourth-order valence-electron chi connectivity index (χ4n) is 1.96. The first-order valence-corrected chi connectivity index (χ1v) is 6.66. The minimum atomic E-state index is 0.384. The Hall–Kier alpha value is -1.45. The van der Waals surface area contributed by atoms with Gasteiger partial charge in [-0.2, -0.15) is 0 Å². The minimum absolute atomic E-state index is 0.384. The van der Waals surface area contributed by atoms with Crippen LogP contribution in [-0.2, 0) is 11.3 Å². The number of ether oxygens (including phenoxy) is 1. The molecule has 0 radical (unpaired) electrons. The van der Waals surface area contributed by atoms with Gasteiger partial charge >= 0.3 is 0 Å². The third-order valence-corrected chi connectivity index (χ3v) is 3.03. The molecule has 2 rings (SSSR count). The Bertz CT molecular complexity index is 584. The van der Waals surface area contributed by atoms with Crippen molar-refractivity contribution in [2.45, 2.75) is 27.4 Å². The van der Waals surface area contributed by atoms with Crippen LogP contribution in [-0.4, -0.2) is 16.6 Å². The van der Waals surface area contributed by atoms with E-state index in [-0.39, 0.29) is 0 Å². The smallest absolute Gasteiger partial charge is 0.156 e. The predicted molar refractivity (Wildman–Crippen MR) is 77.3 cm³/mol. The molecule has 0 aliphatic carbocycles. The van der Waals surface area contributed by atoms with Crippen molar-refractivity contribution in [2.75, 3.05) is 6.61 Å². The highest BCUT2D eigenvalue weighted by molar-refractivity contribution is 6.29. The number of hydrogen-bond donors (Lipinski definition) is 0. The van der Waals surface area contributed by atoms with Crippen molar-refractivity contribution in [3.05, 3.63) is 46.4 Å². The van der Waals surface area contributed by atoms with Crippen molar-refractivity contribution in [3.63, 3.8) is 0 Å². The molecule has 3 nitrogen and oxygen atoms in total. The maximum Gasteiger partial charge on any atom is 0.156 e. The summed E-state index contributed by atoms with van der Waals surface area (Å²) in [7, 11) is 0. The Labute approximate surface area is 118 Å². The van der Waals surface area contributed by atoms with Crippen molar-refractivity contribution < 1.29 is 4.74 Å². The molecule has 0 bridgehead atoms. The Morgan fingerprint density at radius 1 is 1.16 bits per heavy atom. The van der Waals surface area contributed by atoms with Gasteiger partial charge in [0.05, 0.1) is 5.69 Å². The second kappa shape index (κ2) is 6.13. The Balaban J connectivity index is 2.41. The summed E-state index contributed by atoms with van der Waals surface area (Å²) in [6.07, 6.45) is 0. The van der Waals surface area contributed by atoms with E-state index in [0.717, 1.165) is 11.3 Å². The van der Waals surface area contributed by atoms with Crippen LogP contribution in [0.2, 0.25) is 5.15 Å². The average molecular weight is 277 g/mol. The monoisotopic (exact) mass is 276 g/mol. The third kappa shape index (κ3) is 3.52. The van der Waals surface area contributed by atoms with E-state index in [1.165, 1.54) is 11.1 Å². The molecule has 0 aliphatic heterocycles. The molecule has 2 aromatic rings. The van der Waals surface area contributed by atoms with E-state index in [9.17, 15) is 0 Å². The molecule has 0 fully saturated rings. The highest BCUT2D eigenvalue weighted by Crippen LogP contribution is 2.24. The lowest BCUT2D eigenvalue weighted by Crippen LogP contribution is -2.01. The molecule has 19 heavy (non-hydrogen) atoms. The lowest BCUT2D eigenvalue weighted by atomic mass is 10.0. The first-order chi connectivity index (χ1) is 9.10. The summed E-state index contributed by atoms with van der Waals surface area (Å²) in [5.41, 5.74) is 4.33. The molecule has 4 heteroatoms. The van der Waals surface area contributed by atoms with E-state index in [1.54, 1.807) is 6.07 Å². The number of halogens is 1. The Morgan fingerprint density at radius 3 is 2.63 bits per heavy atom. The van der Waals surface area contributed by atoms with Crippen LogP contribution in [0.3, 0.4) is 0 Å². The van der Waals surface area contributed by atoms with Crippen molar-refractivity contribution in [3.8, 4) is 11.3 Å². The average Bonchev–Trinajstić information content (AvgIpc) is 2.35. The molecule has 0 saturated carbocycles. The number of nitrogens with zero attached hydrogens (tertiary/aromatic N) is 2. The standard InChI is InChI=1S/C15H17ClN2O/c1-4-19-9-15-17-13(8-14(16)18-15)12-6-5-10(2)7-11(12)3/h5-8H,4,9H2,1-3H3. The summed E-state index contributed by atoms with van der Waals surface area (Å²) in [4.78, 5) is 8.68. The van der Waals surface area contributed by atoms with Crippen LogP contribution in [0, 0.1) is 13.8 Å². The quantitative estimate of drug-likeness (QED) is 0.793. The lowest BCUT2D eigenvalue weighted by Gasteiger charge is -2.08. The van der Waals surface area contributed by atoms with E-state index in [1.807, 2.05) is 6.92 Å². The van der Waals surface area contributed by atoms with Crippen LogP contribution in [0.15, 0.2) is 24.3 Å². The van der Waals surface area contributed by atoms with Crippen molar-refractivity contribution >= 4 is 11.6 Å². The fourth-order valence-corrected chi connectivity index (χ4v) is 2.16. The summed E-state index contributed by atoms with van der Waals surface area (Å²) in [5.74, 6) is 0.615. The van der Waals surface area contributed by atoms with Gasteiger partial charge in [0.2, 0.25) is 0 Å².